The predicted octanol–water partition coefficient (Wildman–Crippen LogP) is 5.57. The van der Waals surface area contributed by atoms with Crippen LogP contribution >= 0.6 is 42.6 Å². The van der Waals surface area contributed by atoms with Crippen LogP contribution in [0, 0.1) is 0 Å². The van der Waals surface area contributed by atoms with Crippen LogP contribution in [0.4, 0.5) is 4.79 Å². The number of amides is 1. The minimum absolute atomic E-state index is 0.0899. The highest BCUT2D eigenvalue weighted by molar-refractivity contribution is 7.99. The molecule has 1 amide bonds. The zero-order valence-electron chi connectivity index (χ0n) is 18.9. The van der Waals surface area contributed by atoms with Crippen molar-refractivity contribution in [2.45, 2.75) is 42.2 Å². The molecule has 4 N–H and O–H groups in total. The standard InChI is InChI=1S/C22H25Cl2N4O5PS/c1-13(2)19-21(35-17-11-15(23)10-16(24)12-17)28-20(27-19)18(9-14-3-5-25-6-4-14)33-22(29)26-7-8-34(30,31)32/h3-6,10-13,18H,7-9H2,1-2H3,(H,26,29)(H,27,28)(H2,30,31,32). The molecule has 188 valence electrons. The summed E-state index contributed by atoms with van der Waals surface area (Å²) in [4.78, 5) is 43.3. The molecule has 0 radical (unpaired) electrons. The van der Waals surface area contributed by atoms with Gasteiger partial charge < -0.3 is 24.8 Å². The van der Waals surface area contributed by atoms with E-state index in [4.69, 9.17) is 42.7 Å². The highest BCUT2D eigenvalue weighted by Gasteiger charge is 2.25. The average Bonchev–Trinajstić information content (AvgIpc) is 3.16. The molecule has 35 heavy (non-hydrogen) atoms. The molecule has 0 aliphatic carbocycles. The third-order valence-corrected chi connectivity index (χ3v) is 6.96. The first-order valence-corrected chi connectivity index (χ1v) is 14.0. The van der Waals surface area contributed by atoms with Crippen LogP contribution in [0.15, 0.2) is 52.6 Å². The Bertz CT molecular complexity index is 1190. The molecule has 2 heterocycles. The van der Waals surface area contributed by atoms with E-state index in [1.54, 1.807) is 42.7 Å². The molecule has 2 aromatic heterocycles. The van der Waals surface area contributed by atoms with Gasteiger partial charge in [0.1, 0.15) is 10.9 Å². The number of benzene rings is 1. The highest BCUT2D eigenvalue weighted by atomic mass is 35.5. The lowest BCUT2D eigenvalue weighted by Crippen LogP contribution is -2.29. The van der Waals surface area contributed by atoms with Gasteiger partial charge in [-0.05, 0) is 41.8 Å². The van der Waals surface area contributed by atoms with Gasteiger partial charge in [-0.15, -0.1) is 0 Å². The quantitative estimate of drug-likeness (QED) is 0.237. The molecule has 3 aromatic rings. The topological polar surface area (TPSA) is 137 Å². The van der Waals surface area contributed by atoms with E-state index in [2.05, 4.69) is 15.3 Å². The van der Waals surface area contributed by atoms with Crippen LogP contribution in [0.2, 0.25) is 10.0 Å². The van der Waals surface area contributed by atoms with Crippen molar-refractivity contribution in [3.05, 3.63) is 69.9 Å². The van der Waals surface area contributed by atoms with Gasteiger partial charge in [0.2, 0.25) is 0 Å². The maximum atomic E-state index is 12.4. The predicted molar refractivity (Wildman–Crippen MR) is 135 cm³/mol. The fourth-order valence-corrected chi connectivity index (χ4v) is 5.31. The van der Waals surface area contributed by atoms with E-state index in [0.717, 1.165) is 16.2 Å². The van der Waals surface area contributed by atoms with Crippen molar-refractivity contribution >= 4 is 48.7 Å². The van der Waals surface area contributed by atoms with Crippen molar-refractivity contribution in [2.24, 2.45) is 0 Å². The van der Waals surface area contributed by atoms with Crippen LogP contribution in [0.3, 0.4) is 0 Å². The van der Waals surface area contributed by atoms with Gasteiger partial charge >= 0.3 is 13.7 Å². The summed E-state index contributed by atoms with van der Waals surface area (Å²) in [6.45, 7) is 3.80. The summed E-state index contributed by atoms with van der Waals surface area (Å²) in [7, 11) is -4.24. The van der Waals surface area contributed by atoms with Crippen LogP contribution in [0.5, 0.6) is 0 Å². The number of aromatic amines is 1. The molecule has 1 atom stereocenters. The van der Waals surface area contributed by atoms with Gasteiger partial charge in [0.25, 0.3) is 0 Å². The Morgan fingerprint density at radius 1 is 1.20 bits per heavy atom. The Morgan fingerprint density at radius 2 is 1.86 bits per heavy atom. The van der Waals surface area contributed by atoms with Gasteiger partial charge in [-0.1, -0.05) is 48.8 Å². The van der Waals surface area contributed by atoms with Crippen LogP contribution in [-0.2, 0) is 15.7 Å². The van der Waals surface area contributed by atoms with Crippen LogP contribution < -0.4 is 5.32 Å². The Morgan fingerprint density at radius 3 is 2.46 bits per heavy atom. The number of carbonyl (C=O) groups is 1. The summed E-state index contributed by atoms with van der Waals surface area (Å²) < 4.78 is 16.7. The molecule has 0 bridgehead atoms. The third-order valence-electron chi connectivity index (χ3n) is 4.74. The van der Waals surface area contributed by atoms with Gasteiger partial charge in [-0.25, -0.2) is 9.78 Å². The Kier molecular flexibility index (Phi) is 9.63. The van der Waals surface area contributed by atoms with Crippen molar-refractivity contribution < 1.29 is 23.9 Å². The lowest BCUT2D eigenvalue weighted by Gasteiger charge is -2.17. The van der Waals surface area contributed by atoms with Crippen LogP contribution in [0.25, 0.3) is 0 Å². The number of ether oxygens (including phenoxy) is 1. The minimum atomic E-state index is -4.24. The van der Waals surface area contributed by atoms with Gasteiger partial charge in [0.15, 0.2) is 6.10 Å². The average molecular weight is 559 g/mol. The largest absolute Gasteiger partial charge is 0.438 e. The lowest BCUT2D eigenvalue weighted by molar-refractivity contribution is 0.0934. The number of carbonyl (C=O) groups excluding carboxylic acids is 1. The molecule has 0 saturated heterocycles. The number of hydrogen-bond acceptors (Lipinski definition) is 6. The normalized spacial score (nSPS) is 12.5. The highest BCUT2D eigenvalue weighted by Crippen LogP contribution is 2.37. The molecular formula is C22H25Cl2N4O5PS. The van der Waals surface area contributed by atoms with E-state index in [1.807, 2.05) is 13.8 Å². The van der Waals surface area contributed by atoms with E-state index < -0.39 is 26.0 Å². The number of nitrogens with zero attached hydrogens (tertiary/aromatic N) is 2. The van der Waals surface area contributed by atoms with Crippen molar-refractivity contribution in [3.8, 4) is 0 Å². The zero-order valence-corrected chi connectivity index (χ0v) is 22.2. The number of nitrogens with one attached hydrogen (secondary N) is 2. The molecule has 1 aromatic carbocycles. The maximum Gasteiger partial charge on any atom is 0.407 e. The summed E-state index contributed by atoms with van der Waals surface area (Å²) in [6, 6.07) is 8.83. The first-order valence-electron chi connectivity index (χ1n) is 10.6. The fourth-order valence-electron chi connectivity index (χ4n) is 3.11. The molecule has 0 fully saturated rings. The van der Waals surface area contributed by atoms with Crippen molar-refractivity contribution in [3.63, 3.8) is 0 Å². The number of rotatable bonds is 10. The summed E-state index contributed by atoms with van der Waals surface area (Å²) in [6.07, 6.45) is 1.50. The van der Waals surface area contributed by atoms with E-state index >= 15 is 0 Å². The van der Waals surface area contributed by atoms with E-state index in [1.165, 1.54) is 11.8 Å². The van der Waals surface area contributed by atoms with Crippen molar-refractivity contribution in [2.75, 3.05) is 12.7 Å². The van der Waals surface area contributed by atoms with Crippen LogP contribution in [0.1, 0.15) is 43.0 Å². The first-order chi connectivity index (χ1) is 16.5. The second-order valence-electron chi connectivity index (χ2n) is 7.97. The molecule has 1 unspecified atom stereocenters. The number of alkyl carbamates (subject to hydrolysis) is 1. The summed E-state index contributed by atoms with van der Waals surface area (Å²) >= 11 is 13.7. The summed E-state index contributed by atoms with van der Waals surface area (Å²) in [5.74, 6) is 0.526. The van der Waals surface area contributed by atoms with Crippen molar-refractivity contribution in [1.82, 2.24) is 20.3 Å². The molecule has 3 rings (SSSR count). The Hall–Kier alpha value is -2.07. The maximum absolute atomic E-state index is 12.4. The smallest absolute Gasteiger partial charge is 0.407 e. The second-order valence-corrected chi connectivity index (χ2v) is 11.7. The first kappa shape index (κ1) is 27.5. The molecule has 0 spiro atoms. The van der Waals surface area contributed by atoms with Gasteiger partial charge in [-0.3, -0.25) is 9.55 Å². The number of halogens is 2. The molecule has 0 aliphatic rings. The number of imidazole rings is 1. The molecule has 9 nitrogen and oxygen atoms in total. The van der Waals surface area contributed by atoms with Crippen LogP contribution in [-0.4, -0.2) is 43.5 Å². The van der Waals surface area contributed by atoms with Gasteiger partial charge in [0, 0.05) is 40.3 Å². The Balaban J connectivity index is 1.87. The fraction of sp³-hybridized carbons (Fsp3) is 0.318. The molecule has 0 aliphatic heterocycles. The van der Waals surface area contributed by atoms with Gasteiger partial charge in [0.05, 0.1) is 11.9 Å². The molecule has 13 heteroatoms. The summed E-state index contributed by atoms with van der Waals surface area (Å²) in [5.41, 5.74) is 1.72. The monoisotopic (exact) mass is 558 g/mol. The molecular weight excluding hydrogens is 534 g/mol. The lowest BCUT2D eigenvalue weighted by atomic mass is 10.1. The van der Waals surface area contributed by atoms with E-state index in [0.29, 0.717) is 27.3 Å². The second kappa shape index (κ2) is 12.3. The molecule has 0 saturated carbocycles. The minimum Gasteiger partial charge on any atom is -0.438 e. The van der Waals surface area contributed by atoms with E-state index in [-0.39, 0.29) is 12.5 Å². The number of hydrogen-bond donors (Lipinski definition) is 4. The Labute approximate surface area is 217 Å². The van der Waals surface area contributed by atoms with Gasteiger partial charge in [-0.2, -0.15) is 0 Å². The summed E-state index contributed by atoms with van der Waals surface area (Å²) in [5, 5.41) is 4.09. The number of H-pyrrole nitrogens is 1. The number of pyridine rings is 1. The third kappa shape index (κ3) is 8.83. The van der Waals surface area contributed by atoms with E-state index in [9.17, 15) is 9.36 Å². The SMILES string of the molecule is CC(C)c1[nH]c(C(Cc2ccncc2)OC(=O)NCCP(=O)(O)O)nc1Sc1cc(Cl)cc(Cl)c1. The van der Waals surface area contributed by atoms with Crippen molar-refractivity contribution in [1.29, 1.82) is 0 Å². The number of aromatic nitrogens is 3. The zero-order chi connectivity index (χ0) is 25.6.